The van der Waals surface area contributed by atoms with Gasteiger partial charge in [0.05, 0.1) is 10.6 Å². The molecule has 0 fully saturated rings. The summed E-state index contributed by atoms with van der Waals surface area (Å²) in [6.45, 7) is 0.451. The lowest BCUT2D eigenvalue weighted by Gasteiger charge is -2.18. The van der Waals surface area contributed by atoms with Crippen molar-refractivity contribution < 1.29 is 4.79 Å². The van der Waals surface area contributed by atoms with E-state index in [9.17, 15) is 4.79 Å². The second-order valence-electron chi connectivity index (χ2n) is 4.53. The van der Waals surface area contributed by atoms with E-state index in [-0.39, 0.29) is 5.91 Å². The van der Waals surface area contributed by atoms with Crippen LogP contribution in [0.15, 0.2) is 42.5 Å². The average Bonchev–Trinajstić information content (AvgIpc) is 2.40. The number of amides is 1. The van der Waals surface area contributed by atoms with E-state index in [1.54, 1.807) is 36.2 Å². The van der Waals surface area contributed by atoms with Crippen LogP contribution < -0.4 is 5.73 Å². The zero-order chi connectivity index (χ0) is 14.7. The topological polar surface area (TPSA) is 46.3 Å². The quantitative estimate of drug-likeness (QED) is 0.875. The molecule has 5 heteroatoms. The molecule has 0 radical (unpaired) electrons. The molecule has 104 valence electrons. The highest BCUT2D eigenvalue weighted by molar-refractivity contribution is 6.35. The second-order valence-corrected chi connectivity index (χ2v) is 5.37. The fourth-order valence-corrected chi connectivity index (χ4v) is 2.27. The third-order valence-corrected chi connectivity index (χ3v) is 3.44. The van der Waals surface area contributed by atoms with Crippen LogP contribution in [0.4, 0.5) is 5.69 Å². The lowest BCUT2D eigenvalue weighted by atomic mass is 10.1. The number of rotatable bonds is 3. The van der Waals surface area contributed by atoms with Crippen LogP contribution in [0.3, 0.4) is 0 Å². The Morgan fingerprint density at radius 3 is 2.65 bits per heavy atom. The van der Waals surface area contributed by atoms with Gasteiger partial charge in [0.1, 0.15) is 0 Å². The van der Waals surface area contributed by atoms with Crippen LogP contribution in [0.2, 0.25) is 10.0 Å². The first-order chi connectivity index (χ1) is 9.47. The predicted molar refractivity (Wildman–Crippen MR) is 83.1 cm³/mol. The maximum atomic E-state index is 12.4. The van der Waals surface area contributed by atoms with E-state index < -0.39 is 0 Å². The molecule has 3 nitrogen and oxygen atoms in total. The lowest BCUT2D eigenvalue weighted by molar-refractivity contribution is 0.0785. The maximum absolute atomic E-state index is 12.4. The number of hydrogen-bond donors (Lipinski definition) is 1. The van der Waals surface area contributed by atoms with Crippen molar-refractivity contribution in [2.24, 2.45) is 0 Å². The highest BCUT2D eigenvalue weighted by atomic mass is 35.5. The molecule has 0 atom stereocenters. The molecule has 2 aromatic rings. The summed E-state index contributed by atoms with van der Waals surface area (Å²) in [6.07, 6.45) is 0. The van der Waals surface area contributed by atoms with Gasteiger partial charge in [-0.25, -0.2) is 0 Å². The minimum absolute atomic E-state index is 0.181. The number of carbonyl (C=O) groups excluding carboxylic acids is 1. The van der Waals surface area contributed by atoms with Gasteiger partial charge in [0.2, 0.25) is 0 Å². The van der Waals surface area contributed by atoms with E-state index >= 15 is 0 Å². The fourth-order valence-electron chi connectivity index (χ4n) is 1.90. The summed E-state index contributed by atoms with van der Waals surface area (Å²) in [4.78, 5) is 13.9. The van der Waals surface area contributed by atoms with E-state index in [1.165, 1.54) is 0 Å². The SMILES string of the molecule is CN(Cc1cccc(N)c1)C(=O)c1cc(Cl)ccc1Cl. The molecular formula is C15H14Cl2N2O. The van der Waals surface area contributed by atoms with Crippen molar-refractivity contribution in [1.82, 2.24) is 4.90 Å². The number of nitrogen functional groups attached to an aromatic ring is 1. The van der Waals surface area contributed by atoms with Crippen LogP contribution >= 0.6 is 23.2 Å². The number of carbonyl (C=O) groups is 1. The van der Waals surface area contributed by atoms with Gasteiger partial charge in [0.25, 0.3) is 5.91 Å². The van der Waals surface area contributed by atoms with Crippen molar-refractivity contribution in [2.75, 3.05) is 12.8 Å². The molecule has 20 heavy (non-hydrogen) atoms. The van der Waals surface area contributed by atoms with Crippen LogP contribution in [0, 0.1) is 0 Å². The smallest absolute Gasteiger partial charge is 0.255 e. The monoisotopic (exact) mass is 308 g/mol. The van der Waals surface area contributed by atoms with Crippen LogP contribution in [-0.4, -0.2) is 17.9 Å². The van der Waals surface area contributed by atoms with Crippen LogP contribution in [0.5, 0.6) is 0 Å². The molecule has 0 saturated carbocycles. The molecule has 0 unspecified atom stereocenters. The minimum Gasteiger partial charge on any atom is -0.399 e. The van der Waals surface area contributed by atoms with Crippen molar-refractivity contribution in [3.8, 4) is 0 Å². The highest BCUT2D eigenvalue weighted by Gasteiger charge is 2.16. The average molecular weight is 309 g/mol. The molecule has 0 aliphatic carbocycles. The fraction of sp³-hybridized carbons (Fsp3) is 0.133. The summed E-state index contributed by atoms with van der Waals surface area (Å²) in [6, 6.07) is 12.3. The van der Waals surface area contributed by atoms with Crippen molar-refractivity contribution in [1.29, 1.82) is 0 Å². The van der Waals surface area contributed by atoms with Crippen molar-refractivity contribution in [3.63, 3.8) is 0 Å². The van der Waals surface area contributed by atoms with Crippen molar-refractivity contribution in [3.05, 3.63) is 63.6 Å². The third-order valence-electron chi connectivity index (χ3n) is 2.88. The Kier molecular flexibility index (Phi) is 4.53. The molecule has 0 aliphatic heterocycles. The van der Waals surface area contributed by atoms with Gasteiger partial charge in [0, 0.05) is 24.3 Å². The Hall–Kier alpha value is -1.71. The Morgan fingerprint density at radius 2 is 1.95 bits per heavy atom. The molecule has 2 rings (SSSR count). The van der Waals surface area contributed by atoms with E-state index in [4.69, 9.17) is 28.9 Å². The molecule has 0 aromatic heterocycles. The summed E-state index contributed by atoms with van der Waals surface area (Å²) in [5.74, 6) is -0.181. The summed E-state index contributed by atoms with van der Waals surface area (Å²) in [7, 11) is 1.71. The van der Waals surface area contributed by atoms with E-state index in [0.29, 0.717) is 27.8 Å². The zero-order valence-corrected chi connectivity index (χ0v) is 12.4. The highest BCUT2D eigenvalue weighted by Crippen LogP contribution is 2.22. The number of hydrogen-bond acceptors (Lipinski definition) is 2. The molecule has 0 heterocycles. The lowest BCUT2D eigenvalue weighted by Crippen LogP contribution is -2.26. The van der Waals surface area contributed by atoms with Gasteiger partial charge in [-0.1, -0.05) is 35.3 Å². The van der Waals surface area contributed by atoms with E-state index in [0.717, 1.165) is 5.56 Å². The van der Waals surface area contributed by atoms with E-state index in [1.807, 2.05) is 18.2 Å². The Labute approximate surface area is 127 Å². The number of anilines is 1. The summed E-state index contributed by atoms with van der Waals surface area (Å²) in [5, 5.41) is 0.869. The first-order valence-corrected chi connectivity index (χ1v) is 6.78. The standard InChI is InChI=1S/C15H14Cl2N2O/c1-19(9-10-3-2-4-12(18)7-10)15(20)13-8-11(16)5-6-14(13)17/h2-8H,9,18H2,1H3. The third kappa shape index (κ3) is 3.44. The molecular weight excluding hydrogens is 295 g/mol. The normalized spacial score (nSPS) is 10.3. The Balaban J connectivity index is 2.18. The van der Waals surface area contributed by atoms with Gasteiger partial charge in [0.15, 0.2) is 0 Å². The number of halogens is 2. The Bertz CT molecular complexity index is 644. The number of nitrogens with zero attached hydrogens (tertiary/aromatic N) is 1. The predicted octanol–water partition coefficient (Wildman–Crippen LogP) is 3.85. The van der Waals surface area contributed by atoms with Gasteiger partial charge < -0.3 is 10.6 Å². The van der Waals surface area contributed by atoms with Crippen LogP contribution in [0.1, 0.15) is 15.9 Å². The second kappa shape index (κ2) is 6.16. The van der Waals surface area contributed by atoms with Crippen molar-refractivity contribution >= 4 is 34.8 Å². The summed E-state index contributed by atoms with van der Waals surface area (Å²) >= 11 is 11.9. The number of nitrogens with two attached hydrogens (primary N) is 1. The van der Waals surface area contributed by atoms with Gasteiger partial charge >= 0.3 is 0 Å². The van der Waals surface area contributed by atoms with Gasteiger partial charge in [-0.15, -0.1) is 0 Å². The zero-order valence-electron chi connectivity index (χ0n) is 10.9. The molecule has 1 amide bonds. The van der Waals surface area contributed by atoms with Crippen molar-refractivity contribution in [2.45, 2.75) is 6.54 Å². The molecule has 0 aliphatic rings. The van der Waals surface area contributed by atoms with Gasteiger partial charge in [-0.2, -0.15) is 0 Å². The number of benzene rings is 2. The van der Waals surface area contributed by atoms with Gasteiger partial charge in [-0.05, 0) is 35.9 Å². The largest absolute Gasteiger partial charge is 0.399 e. The first kappa shape index (κ1) is 14.7. The minimum atomic E-state index is -0.181. The molecule has 0 bridgehead atoms. The van der Waals surface area contributed by atoms with E-state index in [2.05, 4.69) is 0 Å². The first-order valence-electron chi connectivity index (χ1n) is 6.02. The molecule has 0 spiro atoms. The molecule has 2 N–H and O–H groups in total. The molecule has 0 saturated heterocycles. The molecule has 2 aromatic carbocycles. The summed E-state index contributed by atoms with van der Waals surface area (Å²) in [5.41, 5.74) is 7.75. The van der Waals surface area contributed by atoms with Crippen LogP contribution in [-0.2, 0) is 6.54 Å². The van der Waals surface area contributed by atoms with Gasteiger partial charge in [-0.3, -0.25) is 4.79 Å². The maximum Gasteiger partial charge on any atom is 0.255 e. The van der Waals surface area contributed by atoms with Crippen LogP contribution in [0.25, 0.3) is 0 Å². The Morgan fingerprint density at radius 1 is 1.20 bits per heavy atom. The summed E-state index contributed by atoms with van der Waals surface area (Å²) < 4.78 is 0.